The van der Waals surface area contributed by atoms with Crippen molar-refractivity contribution in [2.45, 2.75) is 19.8 Å². The van der Waals surface area contributed by atoms with Crippen molar-refractivity contribution in [1.82, 2.24) is 14.8 Å². The Balaban J connectivity index is 1.44. The van der Waals surface area contributed by atoms with Gasteiger partial charge in [0, 0.05) is 29.4 Å². The van der Waals surface area contributed by atoms with Gasteiger partial charge in [0.2, 0.25) is 5.91 Å². The van der Waals surface area contributed by atoms with E-state index in [1.54, 1.807) is 23.0 Å². The number of rotatable bonds is 5. The molecule has 0 aliphatic rings. The van der Waals surface area contributed by atoms with Crippen molar-refractivity contribution in [2.75, 3.05) is 5.32 Å². The molecule has 0 radical (unpaired) electrons. The van der Waals surface area contributed by atoms with Crippen LogP contribution >= 0.6 is 0 Å². The molecule has 0 spiro atoms. The normalized spacial score (nSPS) is 11.5. The second-order valence-corrected chi connectivity index (χ2v) is 6.77. The molecule has 0 unspecified atom stereocenters. The van der Waals surface area contributed by atoms with E-state index >= 15 is 0 Å². The zero-order valence-corrected chi connectivity index (χ0v) is 15.7. The second kappa shape index (κ2) is 7.52. The van der Waals surface area contributed by atoms with E-state index in [4.69, 9.17) is 4.42 Å². The van der Waals surface area contributed by atoms with E-state index in [0.29, 0.717) is 17.2 Å². The minimum Gasteiger partial charge on any atom is -0.440 e. The largest absolute Gasteiger partial charge is 0.440 e. The van der Waals surface area contributed by atoms with Gasteiger partial charge in [-0.05, 0) is 36.4 Å². The van der Waals surface area contributed by atoms with Crippen molar-refractivity contribution >= 4 is 28.8 Å². The van der Waals surface area contributed by atoms with Crippen LogP contribution in [-0.4, -0.2) is 20.7 Å². The predicted molar refractivity (Wildman–Crippen MR) is 109 cm³/mol. The Morgan fingerprint density at radius 1 is 1.18 bits per heavy atom. The predicted octanol–water partition coefficient (Wildman–Crippen LogP) is 4.79. The maximum Gasteiger partial charge on any atom is 0.248 e. The van der Waals surface area contributed by atoms with Crippen LogP contribution < -0.4 is 5.32 Å². The molecule has 2 aromatic carbocycles. The van der Waals surface area contributed by atoms with Gasteiger partial charge in [-0.2, -0.15) is 5.10 Å². The molecule has 2 heterocycles. The van der Waals surface area contributed by atoms with E-state index in [2.05, 4.69) is 15.4 Å². The maximum absolute atomic E-state index is 12.2. The van der Waals surface area contributed by atoms with E-state index in [0.717, 1.165) is 16.8 Å². The minimum atomic E-state index is -0.223. The number of amides is 1. The molecule has 6 nitrogen and oxygen atoms in total. The highest BCUT2D eigenvalue weighted by Gasteiger charge is 2.10. The average Bonchev–Trinajstić information content (AvgIpc) is 3.34. The van der Waals surface area contributed by atoms with Gasteiger partial charge < -0.3 is 9.73 Å². The summed E-state index contributed by atoms with van der Waals surface area (Å²) >= 11 is 0. The number of nitrogens with zero attached hydrogens (tertiary/aromatic N) is 3. The molecule has 0 saturated heterocycles. The second-order valence-electron chi connectivity index (χ2n) is 6.77. The first-order valence-corrected chi connectivity index (χ1v) is 9.08. The van der Waals surface area contributed by atoms with Gasteiger partial charge in [-0.1, -0.05) is 32.0 Å². The van der Waals surface area contributed by atoms with Crippen LogP contribution in [0.4, 0.5) is 5.69 Å². The van der Waals surface area contributed by atoms with Gasteiger partial charge in [-0.25, -0.2) is 9.67 Å². The summed E-state index contributed by atoms with van der Waals surface area (Å²) in [5.41, 5.74) is 3.92. The molecule has 0 saturated carbocycles. The molecule has 0 bridgehead atoms. The summed E-state index contributed by atoms with van der Waals surface area (Å²) < 4.78 is 7.45. The molecule has 2 aromatic heterocycles. The van der Waals surface area contributed by atoms with Crippen molar-refractivity contribution < 1.29 is 9.21 Å². The first kappa shape index (κ1) is 17.7. The fourth-order valence-electron chi connectivity index (χ4n) is 2.77. The van der Waals surface area contributed by atoms with Crippen LogP contribution in [0.1, 0.15) is 31.2 Å². The molecule has 0 atom stereocenters. The molecule has 4 rings (SSSR count). The highest BCUT2D eigenvalue weighted by molar-refractivity contribution is 6.02. The van der Waals surface area contributed by atoms with Gasteiger partial charge in [-0.3, -0.25) is 4.79 Å². The number of aromatic nitrogens is 3. The first-order valence-electron chi connectivity index (χ1n) is 9.08. The Labute approximate surface area is 162 Å². The van der Waals surface area contributed by atoms with E-state index in [1.807, 2.05) is 62.5 Å². The number of para-hydroxylation sites is 1. The quantitative estimate of drug-likeness (QED) is 0.511. The van der Waals surface area contributed by atoms with Crippen molar-refractivity contribution in [3.8, 4) is 5.69 Å². The standard InChI is InChI=1S/C22H20N4O2/c1-15(2)22-25-19-12-17(9-10-20(19)28-22)24-21(27)11-8-16-13-23-26(14-16)18-6-4-3-5-7-18/h3-15H,1-2H3,(H,24,27)/b11-8+. The Hall–Kier alpha value is -3.67. The molecule has 0 aliphatic carbocycles. The lowest BCUT2D eigenvalue weighted by atomic mass is 10.2. The van der Waals surface area contributed by atoms with Crippen LogP contribution in [0, 0.1) is 0 Å². The topological polar surface area (TPSA) is 73.0 Å². The summed E-state index contributed by atoms with van der Waals surface area (Å²) in [6.07, 6.45) is 6.80. The number of carbonyl (C=O) groups is 1. The zero-order chi connectivity index (χ0) is 19.5. The number of carbonyl (C=O) groups excluding carboxylic acids is 1. The molecule has 0 aliphatic heterocycles. The fourth-order valence-corrected chi connectivity index (χ4v) is 2.77. The zero-order valence-electron chi connectivity index (χ0n) is 15.7. The first-order chi connectivity index (χ1) is 13.6. The number of fused-ring (bicyclic) bond motifs is 1. The SMILES string of the molecule is CC(C)c1nc2cc(NC(=O)/C=C/c3cnn(-c4ccccc4)c3)ccc2o1. The Bertz CT molecular complexity index is 1140. The summed E-state index contributed by atoms with van der Waals surface area (Å²) in [6.45, 7) is 4.05. The monoisotopic (exact) mass is 372 g/mol. The van der Waals surface area contributed by atoms with Crippen LogP contribution in [0.5, 0.6) is 0 Å². The van der Waals surface area contributed by atoms with E-state index in [1.165, 1.54) is 6.08 Å². The van der Waals surface area contributed by atoms with Crippen LogP contribution in [0.2, 0.25) is 0 Å². The Kier molecular flexibility index (Phi) is 4.76. The van der Waals surface area contributed by atoms with Gasteiger partial charge in [0.25, 0.3) is 0 Å². The summed E-state index contributed by atoms with van der Waals surface area (Å²) in [4.78, 5) is 16.7. The summed E-state index contributed by atoms with van der Waals surface area (Å²) in [7, 11) is 0. The Morgan fingerprint density at radius 3 is 2.79 bits per heavy atom. The molecule has 6 heteroatoms. The summed E-state index contributed by atoms with van der Waals surface area (Å²) in [6, 6.07) is 15.2. The molecule has 4 aromatic rings. The molecule has 0 fully saturated rings. The third kappa shape index (κ3) is 3.86. The average molecular weight is 372 g/mol. The Morgan fingerprint density at radius 2 is 2.00 bits per heavy atom. The molecular weight excluding hydrogens is 352 g/mol. The van der Waals surface area contributed by atoms with Gasteiger partial charge >= 0.3 is 0 Å². The lowest BCUT2D eigenvalue weighted by molar-refractivity contribution is -0.111. The van der Waals surface area contributed by atoms with E-state index < -0.39 is 0 Å². The highest BCUT2D eigenvalue weighted by atomic mass is 16.3. The molecule has 140 valence electrons. The number of benzene rings is 2. The van der Waals surface area contributed by atoms with Crippen LogP contribution in [0.25, 0.3) is 22.9 Å². The third-order valence-corrected chi connectivity index (χ3v) is 4.22. The number of oxazole rings is 1. The number of nitrogens with one attached hydrogen (secondary N) is 1. The molecular formula is C22H20N4O2. The van der Waals surface area contributed by atoms with Crippen molar-refractivity contribution in [3.05, 3.63) is 78.5 Å². The van der Waals surface area contributed by atoms with Crippen molar-refractivity contribution in [1.29, 1.82) is 0 Å². The van der Waals surface area contributed by atoms with Crippen molar-refractivity contribution in [2.24, 2.45) is 0 Å². The fraction of sp³-hybridized carbons (Fsp3) is 0.136. The number of anilines is 1. The number of hydrogen-bond donors (Lipinski definition) is 1. The lowest BCUT2D eigenvalue weighted by Crippen LogP contribution is -2.07. The van der Waals surface area contributed by atoms with E-state index in [9.17, 15) is 4.79 Å². The van der Waals surface area contributed by atoms with Crippen LogP contribution in [0.3, 0.4) is 0 Å². The molecule has 28 heavy (non-hydrogen) atoms. The van der Waals surface area contributed by atoms with Gasteiger partial charge in [0.15, 0.2) is 11.5 Å². The maximum atomic E-state index is 12.2. The van der Waals surface area contributed by atoms with Crippen molar-refractivity contribution in [3.63, 3.8) is 0 Å². The lowest BCUT2D eigenvalue weighted by Gasteiger charge is -2.01. The van der Waals surface area contributed by atoms with Crippen LogP contribution in [0.15, 0.2) is 71.4 Å². The van der Waals surface area contributed by atoms with Gasteiger partial charge in [0.1, 0.15) is 5.52 Å². The smallest absolute Gasteiger partial charge is 0.248 e. The van der Waals surface area contributed by atoms with Crippen LogP contribution in [-0.2, 0) is 4.79 Å². The third-order valence-electron chi connectivity index (χ3n) is 4.22. The van der Waals surface area contributed by atoms with Gasteiger partial charge in [0.05, 0.1) is 11.9 Å². The number of hydrogen-bond acceptors (Lipinski definition) is 4. The molecule has 1 amide bonds. The molecule has 1 N–H and O–H groups in total. The van der Waals surface area contributed by atoms with Gasteiger partial charge in [-0.15, -0.1) is 0 Å². The highest BCUT2D eigenvalue weighted by Crippen LogP contribution is 2.23. The summed E-state index contributed by atoms with van der Waals surface area (Å²) in [5, 5.41) is 7.16. The minimum absolute atomic E-state index is 0.213. The summed E-state index contributed by atoms with van der Waals surface area (Å²) in [5.74, 6) is 0.679. The van der Waals surface area contributed by atoms with E-state index in [-0.39, 0.29) is 11.8 Å².